The quantitative estimate of drug-likeness (QED) is 0.855. The molecule has 1 aliphatic heterocycles. The molecule has 0 spiro atoms. The number of fused-ring (bicyclic) bond motifs is 1. The van der Waals surface area contributed by atoms with Gasteiger partial charge in [0.1, 0.15) is 5.82 Å². The third-order valence-electron chi connectivity index (χ3n) is 3.09. The van der Waals surface area contributed by atoms with Crippen molar-refractivity contribution in [1.82, 2.24) is 14.9 Å². The molecular weight excluding hydrogens is 282 g/mol. The number of rotatable bonds is 2. The number of hydrogen-bond acceptors (Lipinski definition) is 4. The van der Waals surface area contributed by atoms with Crippen LogP contribution >= 0.6 is 22.9 Å². The molecule has 0 fully saturated rings. The van der Waals surface area contributed by atoms with Crippen LogP contribution in [0.3, 0.4) is 0 Å². The van der Waals surface area contributed by atoms with Crippen LogP contribution < -0.4 is 0 Å². The van der Waals surface area contributed by atoms with Crippen molar-refractivity contribution in [2.45, 2.75) is 26.4 Å². The summed E-state index contributed by atoms with van der Waals surface area (Å²) in [5.41, 5.74) is 2.00. The third-order valence-corrected chi connectivity index (χ3v) is 4.31. The average molecular weight is 294 g/mol. The Morgan fingerprint density at radius 1 is 1.47 bits per heavy atom. The van der Waals surface area contributed by atoms with Crippen LogP contribution in [-0.2, 0) is 19.5 Å². The van der Waals surface area contributed by atoms with Gasteiger partial charge >= 0.3 is 0 Å². The Labute approximate surface area is 120 Å². The first-order chi connectivity index (χ1) is 9.17. The number of thiophene rings is 1. The van der Waals surface area contributed by atoms with Crippen molar-refractivity contribution in [3.8, 4) is 0 Å². The molecule has 19 heavy (non-hydrogen) atoms. The molecule has 3 heterocycles. The van der Waals surface area contributed by atoms with Gasteiger partial charge in [-0.15, -0.1) is 11.3 Å². The molecule has 0 saturated carbocycles. The standard InChI is InChI=1S/C13H12ClN3OS/c1-2-12-15-5-8-6-17(7-9(8)16-12)13(18)10-3-4-11(14)19-10/h3-5H,2,6-7H2,1H3. The Balaban J connectivity index is 1.81. The lowest BCUT2D eigenvalue weighted by Gasteiger charge is -2.13. The van der Waals surface area contributed by atoms with Crippen LogP contribution in [0.1, 0.15) is 33.7 Å². The zero-order valence-electron chi connectivity index (χ0n) is 10.4. The van der Waals surface area contributed by atoms with Crippen LogP contribution in [0.4, 0.5) is 0 Å². The van der Waals surface area contributed by atoms with Crippen LogP contribution in [0, 0.1) is 0 Å². The van der Waals surface area contributed by atoms with Crippen molar-refractivity contribution < 1.29 is 4.79 Å². The maximum atomic E-state index is 12.3. The van der Waals surface area contributed by atoms with E-state index in [1.54, 1.807) is 17.0 Å². The van der Waals surface area contributed by atoms with Gasteiger partial charge in [0.15, 0.2) is 0 Å². The third kappa shape index (κ3) is 2.35. The van der Waals surface area contributed by atoms with Crippen molar-refractivity contribution in [3.05, 3.63) is 44.6 Å². The molecular formula is C13H12ClN3OS. The van der Waals surface area contributed by atoms with Gasteiger partial charge in [0.05, 0.1) is 21.5 Å². The van der Waals surface area contributed by atoms with Crippen LogP contribution in [0.2, 0.25) is 4.34 Å². The Kier molecular flexibility index (Phi) is 3.24. The summed E-state index contributed by atoms with van der Waals surface area (Å²) in [6.07, 6.45) is 2.64. The Hall–Kier alpha value is -1.46. The lowest BCUT2D eigenvalue weighted by atomic mass is 10.3. The van der Waals surface area contributed by atoms with Crippen LogP contribution in [0.5, 0.6) is 0 Å². The lowest BCUT2D eigenvalue weighted by molar-refractivity contribution is 0.0755. The molecule has 0 radical (unpaired) electrons. The van der Waals surface area contributed by atoms with E-state index in [1.165, 1.54) is 11.3 Å². The molecule has 1 aliphatic rings. The van der Waals surface area contributed by atoms with E-state index in [4.69, 9.17) is 11.6 Å². The summed E-state index contributed by atoms with van der Waals surface area (Å²) in [4.78, 5) is 23.5. The second-order valence-electron chi connectivity index (χ2n) is 4.38. The summed E-state index contributed by atoms with van der Waals surface area (Å²) in [7, 11) is 0. The zero-order chi connectivity index (χ0) is 13.4. The molecule has 2 aromatic rings. The lowest BCUT2D eigenvalue weighted by Crippen LogP contribution is -2.24. The summed E-state index contributed by atoms with van der Waals surface area (Å²) in [6.45, 7) is 3.15. The number of amides is 1. The molecule has 98 valence electrons. The highest BCUT2D eigenvalue weighted by Crippen LogP contribution is 2.27. The van der Waals surface area contributed by atoms with Crippen molar-refractivity contribution in [2.75, 3.05) is 0 Å². The van der Waals surface area contributed by atoms with Crippen molar-refractivity contribution in [2.24, 2.45) is 0 Å². The molecule has 6 heteroatoms. The second-order valence-corrected chi connectivity index (χ2v) is 6.09. The fourth-order valence-corrected chi connectivity index (χ4v) is 3.10. The second kappa shape index (κ2) is 4.90. The van der Waals surface area contributed by atoms with Gasteiger partial charge in [-0.1, -0.05) is 18.5 Å². The number of nitrogens with zero attached hydrogens (tertiary/aromatic N) is 3. The highest BCUT2D eigenvalue weighted by Gasteiger charge is 2.26. The summed E-state index contributed by atoms with van der Waals surface area (Å²) >= 11 is 7.17. The Morgan fingerprint density at radius 3 is 3.00 bits per heavy atom. The van der Waals surface area contributed by atoms with Gasteiger partial charge in [0.25, 0.3) is 5.91 Å². The Bertz CT molecular complexity index is 641. The maximum absolute atomic E-state index is 12.3. The van der Waals surface area contributed by atoms with Gasteiger partial charge < -0.3 is 4.90 Å². The summed E-state index contributed by atoms with van der Waals surface area (Å²) in [5.74, 6) is 0.833. The SMILES string of the molecule is CCc1ncc2c(n1)CN(C(=O)c1ccc(Cl)s1)C2. The molecule has 0 unspecified atom stereocenters. The summed E-state index contributed by atoms with van der Waals surface area (Å²) < 4.78 is 0.633. The van der Waals surface area contributed by atoms with Gasteiger partial charge in [0.2, 0.25) is 0 Å². The molecule has 0 saturated heterocycles. The van der Waals surface area contributed by atoms with E-state index >= 15 is 0 Å². The van der Waals surface area contributed by atoms with Gasteiger partial charge in [0, 0.05) is 24.7 Å². The maximum Gasteiger partial charge on any atom is 0.264 e. The van der Waals surface area contributed by atoms with E-state index in [1.807, 2.05) is 13.1 Å². The van der Waals surface area contributed by atoms with Crippen LogP contribution in [0.15, 0.2) is 18.3 Å². The van der Waals surface area contributed by atoms with E-state index in [0.29, 0.717) is 22.3 Å². The summed E-state index contributed by atoms with van der Waals surface area (Å²) in [5, 5.41) is 0. The highest BCUT2D eigenvalue weighted by molar-refractivity contribution is 7.17. The largest absolute Gasteiger partial charge is 0.328 e. The normalized spacial score (nSPS) is 13.7. The molecule has 0 aliphatic carbocycles. The first-order valence-electron chi connectivity index (χ1n) is 6.05. The van der Waals surface area contributed by atoms with E-state index in [9.17, 15) is 4.79 Å². The molecule has 0 aromatic carbocycles. The average Bonchev–Trinajstić information content (AvgIpc) is 3.02. The van der Waals surface area contributed by atoms with E-state index in [-0.39, 0.29) is 5.91 Å². The fraction of sp³-hybridized carbons (Fsp3) is 0.308. The first-order valence-corrected chi connectivity index (χ1v) is 7.25. The minimum Gasteiger partial charge on any atom is -0.328 e. The number of halogens is 1. The molecule has 1 amide bonds. The van der Waals surface area contributed by atoms with E-state index in [2.05, 4.69) is 9.97 Å². The van der Waals surface area contributed by atoms with Gasteiger partial charge in [-0.3, -0.25) is 4.79 Å². The van der Waals surface area contributed by atoms with Gasteiger partial charge in [-0.25, -0.2) is 9.97 Å². The fourth-order valence-electron chi connectivity index (χ4n) is 2.09. The molecule has 0 N–H and O–H groups in total. The number of hydrogen-bond donors (Lipinski definition) is 0. The minimum absolute atomic E-state index is 0.00736. The molecule has 0 atom stereocenters. The topological polar surface area (TPSA) is 46.1 Å². The van der Waals surface area contributed by atoms with Crippen molar-refractivity contribution in [3.63, 3.8) is 0 Å². The molecule has 0 bridgehead atoms. The number of aryl methyl sites for hydroxylation is 1. The predicted molar refractivity (Wildman–Crippen MR) is 74.3 cm³/mol. The first kappa shape index (κ1) is 12.6. The monoisotopic (exact) mass is 293 g/mol. The highest BCUT2D eigenvalue weighted by atomic mass is 35.5. The number of aromatic nitrogens is 2. The van der Waals surface area contributed by atoms with E-state index in [0.717, 1.165) is 23.5 Å². The summed E-state index contributed by atoms with van der Waals surface area (Å²) in [6, 6.07) is 3.51. The van der Waals surface area contributed by atoms with Gasteiger partial charge in [-0.05, 0) is 12.1 Å². The van der Waals surface area contributed by atoms with Gasteiger partial charge in [-0.2, -0.15) is 0 Å². The zero-order valence-corrected chi connectivity index (χ0v) is 12.0. The predicted octanol–water partition coefficient (Wildman–Crippen LogP) is 2.91. The minimum atomic E-state index is 0.00736. The number of carbonyl (C=O) groups is 1. The molecule has 4 nitrogen and oxygen atoms in total. The molecule has 2 aromatic heterocycles. The van der Waals surface area contributed by atoms with E-state index < -0.39 is 0 Å². The van der Waals surface area contributed by atoms with Crippen LogP contribution in [0.25, 0.3) is 0 Å². The van der Waals surface area contributed by atoms with Crippen molar-refractivity contribution >= 4 is 28.8 Å². The van der Waals surface area contributed by atoms with Crippen molar-refractivity contribution in [1.29, 1.82) is 0 Å². The molecule has 3 rings (SSSR count). The Morgan fingerprint density at radius 2 is 2.32 bits per heavy atom. The van der Waals surface area contributed by atoms with Crippen LogP contribution in [-0.4, -0.2) is 20.8 Å². The smallest absolute Gasteiger partial charge is 0.264 e. The number of carbonyl (C=O) groups excluding carboxylic acids is 1.